The summed E-state index contributed by atoms with van der Waals surface area (Å²) in [5.41, 5.74) is 1.23. The van der Waals surface area contributed by atoms with Crippen LogP contribution in [0.5, 0.6) is 0 Å². The topological polar surface area (TPSA) is 29.9 Å². The van der Waals surface area contributed by atoms with Gasteiger partial charge in [-0.3, -0.25) is 0 Å². The van der Waals surface area contributed by atoms with Crippen molar-refractivity contribution in [3.8, 4) is 0 Å². The highest BCUT2D eigenvalue weighted by Gasteiger charge is 2.18. The Hall–Kier alpha value is -0.650. The number of imidazole rings is 1. The third-order valence-electron chi connectivity index (χ3n) is 2.36. The smallest absolute Gasteiger partial charge is 0.130 e. The molecule has 2 heterocycles. The Labute approximate surface area is 101 Å². The Bertz CT molecular complexity index is 409. The molecule has 2 aromatic rings. The first-order valence-electron chi connectivity index (χ1n) is 4.60. The monoisotopic (exact) mass is 285 g/mol. The van der Waals surface area contributed by atoms with Gasteiger partial charge < -0.3 is 9.88 Å². The van der Waals surface area contributed by atoms with Gasteiger partial charge in [0.1, 0.15) is 5.82 Å². The minimum absolute atomic E-state index is 0.144. The maximum atomic E-state index is 4.37. The maximum absolute atomic E-state index is 4.37. The van der Waals surface area contributed by atoms with E-state index in [0.29, 0.717) is 0 Å². The van der Waals surface area contributed by atoms with Crippen LogP contribution in [0.25, 0.3) is 0 Å². The second kappa shape index (κ2) is 4.47. The van der Waals surface area contributed by atoms with Gasteiger partial charge in [0.15, 0.2) is 0 Å². The summed E-state index contributed by atoms with van der Waals surface area (Å²) in [7, 11) is 3.95. The van der Waals surface area contributed by atoms with Crippen LogP contribution in [0.3, 0.4) is 0 Å². The van der Waals surface area contributed by atoms with Crippen LogP contribution in [0.4, 0.5) is 0 Å². The lowest BCUT2D eigenvalue weighted by Crippen LogP contribution is -2.20. The number of thiophene rings is 1. The van der Waals surface area contributed by atoms with Gasteiger partial charge in [-0.2, -0.15) is 11.3 Å². The normalized spacial score (nSPS) is 13.0. The number of nitrogens with one attached hydrogen (secondary N) is 1. The number of hydrogen-bond acceptors (Lipinski definition) is 3. The molecule has 80 valence electrons. The van der Waals surface area contributed by atoms with E-state index < -0.39 is 0 Å². The zero-order valence-electron chi connectivity index (χ0n) is 8.57. The zero-order valence-corrected chi connectivity index (χ0v) is 11.0. The van der Waals surface area contributed by atoms with Crippen LogP contribution >= 0.6 is 27.3 Å². The molecule has 2 rings (SSSR count). The largest absolute Gasteiger partial charge is 0.336 e. The van der Waals surface area contributed by atoms with Crippen LogP contribution < -0.4 is 5.32 Å². The number of aromatic nitrogens is 2. The summed E-state index contributed by atoms with van der Waals surface area (Å²) >= 11 is 5.24. The van der Waals surface area contributed by atoms with Gasteiger partial charge in [-0.25, -0.2) is 4.98 Å². The van der Waals surface area contributed by atoms with Crippen LogP contribution in [-0.4, -0.2) is 16.6 Å². The lowest BCUT2D eigenvalue weighted by Gasteiger charge is -2.15. The van der Waals surface area contributed by atoms with Gasteiger partial charge >= 0.3 is 0 Å². The molecule has 0 aromatic carbocycles. The summed E-state index contributed by atoms with van der Waals surface area (Å²) in [5, 5.41) is 7.51. The van der Waals surface area contributed by atoms with Crippen LogP contribution in [0.15, 0.2) is 27.6 Å². The maximum Gasteiger partial charge on any atom is 0.130 e. The van der Waals surface area contributed by atoms with E-state index >= 15 is 0 Å². The highest BCUT2D eigenvalue weighted by atomic mass is 79.9. The van der Waals surface area contributed by atoms with E-state index in [9.17, 15) is 0 Å². The molecule has 0 aliphatic rings. The Morgan fingerprint density at radius 2 is 2.33 bits per heavy atom. The summed E-state index contributed by atoms with van der Waals surface area (Å²) in [6.45, 7) is 0. The molecule has 2 aromatic heterocycles. The molecule has 0 saturated carbocycles. The van der Waals surface area contributed by atoms with Gasteiger partial charge in [-0.05, 0) is 28.4 Å². The number of halogens is 1. The summed E-state index contributed by atoms with van der Waals surface area (Å²) in [5.74, 6) is 1.02. The molecule has 1 unspecified atom stereocenters. The summed E-state index contributed by atoms with van der Waals surface area (Å²) in [6.07, 6.45) is 3.78. The Balaban J connectivity index is 2.41. The molecule has 0 radical (unpaired) electrons. The predicted molar refractivity (Wildman–Crippen MR) is 66.1 cm³/mol. The van der Waals surface area contributed by atoms with Crippen molar-refractivity contribution in [2.75, 3.05) is 7.05 Å². The van der Waals surface area contributed by atoms with Crippen LogP contribution in [-0.2, 0) is 7.05 Å². The van der Waals surface area contributed by atoms with Crippen molar-refractivity contribution in [1.29, 1.82) is 0 Å². The molecule has 1 N–H and O–H groups in total. The van der Waals surface area contributed by atoms with Crippen molar-refractivity contribution < 1.29 is 0 Å². The zero-order chi connectivity index (χ0) is 10.8. The van der Waals surface area contributed by atoms with E-state index in [0.717, 1.165) is 10.3 Å². The Kier molecular flexibility index (Phi) is 3.23. The first kappa shape index (κ1) is 10.9. The second-order valence-corrected chi connectivity index (χ2v) is 4.89. The van der Waals surface area contributed by atoms with Gasteiger partial charge in [-0.1, -0.05) is 0 Å². The fourth-order valence-corrected chi connectivity index (χ4v) is 3.13. The molecular formula is C10H12BrN3S. The minimum atomic E-state index is 0.144. The van der Waals surface area contributed by atoms with Crippen molar-refractivity contribution in [3.05, 3.63) is 39.0 Å². The predicted octanol–water partition coefficient (Wildman–Crippen LogP) is 2.55. The second-order valence-electron chi connectivity index (χ2n) is 3.29. The molecule has 0 aliphatic carbocycles. The molecular weight excluding hydrogens is 274 g/mol. The fraction of sp³-hybridized carbons (Fsp3) is 0.300. The lowest BCUT2D eigenvalue weighted by atomic mass is 10.1. The van der Waals surface area contributed by atoms with E-state index in [2.05, 4.69) is 37.0 Å². The lowest BCUT2D eigenvalue weighted by molar-refractivity contribution is 0.617. The van der Waals surface area contributed by atoms with Gasteiger partial charge in [0, 0.05) is 34.9 Å². The van der Waals surface area contributed by atoms with Gasteiger partial charge in [0.25, 0.3) is 0 Å². The molecule has 0 saturated heterocycles. The summed E-state index contributed by atoms with van der Waals surface area (Å²) < 4.78 is 3.17. The van der Waals surface area contributed by atoms with E-state index in [4.69, 9.17) is 0 Å². The highest BCUT2D eigenvalue weighted by molar-refractivity contribution is 9.10. The average molecular weight is 286 g/mol. The third kappa shape index (κ3) is 2.00. The van der Waals surface area contributed by atoms with E-state index in [1.54, 1.807) is 11.3 Å². The molecule has 5 heteroatoms. The van der Waals surface area contributed by atoms with Crippen molar-refractivity contribution in [2.45, 2.75) is 6.04 Å². The van der Waals surface area contributed by atoms with Crippen molar-refractivity contribution in [2.24, 2.45) is 7.05 Å². The summed E-state index contributed by atoms with van der Waals surface area (Å²) in [4.78, 5) is 4.37. The number of aryl methyl sites for hydroxylation is 1. The molecule has 0 spiro atoms. The standard InChI is InChI=1S/C10H12BrN3S/c1-12-9(7-5-15-6-8(7)11)10-13-3-4-14(10)2/h3-6,9,12H,1-2H3. The Morgan fingerprint density at radius 1 is 1.53 bits per heavy atom. The first-order valence-corrected chi connectivity index (χ1v) is 6.33. The van der Waals surface area contributed by atoms with Crippen LogP contribution in [0.2, 0.25) is 0 Å². The van der Waals surface area contributed by atoms with Crippen LogP contribution in [0, 0.1) is 0 Å². The van der Waals surface area contributed by atoms with E-state index in [1.807, 2.05) is 31.1 Å². The third-order valence-corrected chi connectivity index (χ3v) is 4.11. The molecule has 1 atom stereocenters. The molecule has 0 fully saturated rings. The number of rotatable bonds is 3. The van der Waals surface area contributed by atoms with Crippen molar-refractivity contribution in [3.63, 3.8) is 0 Å². The van der Waals surface area contributed by atoms with Gasteiger partial charge in [0.05, 0.1) is 6.04 Å². The molecule has 0 amide bonds. The van der Waals surface area contributed by atoms with Gasteiger partial charge in [0.2, 0.25) is 0 Å². The number of nitrogens with zero attached hydrogens (tertiary/aromatic N) is 2. The minimum Gasteiger partial charge on any atom is -0.336 e. The summed E-state index contributed by atoms with van der Waals surface area (Å²) in [6, 6.07) is 0.144. The SMILES string of the molecule is CNC(c1cscc1Br)c1nccn1C. The van der Waals surface area contributed by atoms with E-state index in [-0.39, 0.29) is 6.04 Å². The molecule has 3 nitrogen and oxygen atoms in total. The van der Waals surface area contributed by atoms with Gasteiger partial charge in [-0.15, -0.1) is 0 Å². The highest BCUT2D eigenvalue weighted by Crippen LogP contribution is 2.30. The van der Waals surface area contributed by atoms with Crippen LogP contribution in [0.1, 0.15) is 17.4 Å². The average Bonchev–Trinajstić information content (AvgIpc) is 2.80. The van der Waals surface area contributed by atoms with Crippen molar-refractivity contribution in [1.82, 2.24) is 14.9 Å². The quantitative estimate of drug-likeness (QED) is 0.939. The molecule has 0 aliphatic heterocycles. The molecule has 15 heavy (non-hydrogen) atoms. The van der Waals surface area contributed by atoms with Crippen molar-refractivity contribution >= 4 is 27.3 Å². The first-order chi connectivity index (χ1) is 7.24. The van der Waals surface area contributed by atoms with E-state index in [1.165, 1.54) is 5.56 Å². The Morgan fingerprint density at radius 3 is 2.80 bits per heavy atom. The fourth-order valence-electron chi connectivity index (χ4n) is 1.58. The number of hydrogen-bond donors (Lipinski definition) is 1. The molecule has 0 bridgehead atoms.